The van der Waals surface area contributed by atoms with E-state index in [0.717, 1.165) is 11.1 Å². The van der Waals surface area contributed by atoms with E-state index in [1.54, 1.807) is 6.08 Å². The van der Waals surface area contributed by atoms with Crippen LogP contribution in [-0.4, -0.2) is 11.6 Å². The molecule has 2 heteroatoms. The second kappa shape index (κ2) is 6.61. The lowest BCUT2D eigenvalue weighted by Gasteiger charge is -2.17. The van der Waals surface area contributed by atoms with Crippen LogP contribution in [0.15, 0.2) is 60.7 Å². The van der Waals surface area contributed by atoms with Crippen LogP contribution in [-0.2, 0) is 9.53 Å². The number of allylic oxidation sites excluding steroid dienone is 3. The summed E-state index contributed by atoms with van der Waals surface area (Å²) in [7, 11) is 0. The molecular formula is C20H22O2. The van der Waals surface area contributed by atoms with Crippen LogP contribution in [0, 0.1) is 0 Å². The number of carbonyl (C=O) groups excluding carboxylic acids is 1. The molecule has 0 atom stereocenters. The molecule has 2 aromatic rings. The molecule has 0 fully saturated rings. The molecule has 0 aliphatic heterocycles. The minimum Gasteiger partial charge on any atom is -0.457 e. The maximum absolute atomic E-state index is 11.6. The quantitative estimate of drug-likeness (QED) is 0.445. The summed E-state index contributed by atoms with van der Waals surface area (Å²) in [5.41, 5.74) is 1.79. The van der Waals surface area contributed by atoms with Crippen molar-refractivity contribution >= 4 is 22.3 Å². The van der Waals surface area contributed by atoms with Crippen molar-refractivity contribution in [2.75, 3.05) is 0 Å². The Balaban J connectivity index is 2.12. The normalized spacial score (nSPS) is 12.8. The molecule has 0 N–H and O–H groups in total. The predicted molar refractivity (Wildman–Crippen MR) is 92.6 cm³/mol. The Kier molecular flexibility index (Phi) is 4.81. The van der Waals surface area contributed by atoms with Gasteiger partial charge in [0.1, 0.15) is 5.60 Å². The molecule has 22 heavy (non-hydrogen) atoms. The van der Waals surface area contributed by atoms with E-state index in [4.69, 9.17) is 4.74 Å². The van der Waals surface area contributed by atoms with Gasteiger partial charge in [-0.15, -0.1) is 0 Å². The van der Waals surface area contributed by atoms with E-state index in [9.17, 15) is 4.79 Å². The fraction of sp³-hybridized carbons (Fsp3) is 0.250. The smallest absolute Gasteiger partial charge is 0.331 e. The van der Waals surface area contributed by atoms with Crippen molar-refractivity contribution < 1.29 is 9.53 Å². The summed E-state index contributed by atoms with van der Waals surface area (Å²) < 4.78 is 5.23. The van der Waals surface area contributed by atoms with Gasteiger partial charge in [-0.05, 0) is 55.7 Å². The largest absolute Gasteiger partial charge is 0.457 e. The Labute approximate surface area is 132 Å². The van der Waals surface area contributed by atoms with Gasteiger partial charge in [0.2, 0.25) is 0 Å². The van der Waals surface area contributed by atoms with Crippen LogP contribution in [0.2, 0.25) is 0 Å². The maximum Gasteiger partial charge on any atom is 0.331 e. The lowest BCUT2D eigenvalue weighted by molar-refractivity contribution is -0.148. The molecule has 2 aromatic carbocycles. The average Bonchev–Trinajstić information content (AvgIpc) is 2.44. The standard InChI is InChI=1S/C20H22O2/c1-15(8-7-11-19(21)22-20(2,3)4)17-13-12-16-9-5-6-10-18(16)14-17/h5-14H,1-4H3/b11-7+,15-8+. The number of fused-ring (bicyclic) bond motifs is 1. The molecular weight excluding hydrogens is 272 g/mol. The zero-order chi connectivity index (χ0) is 16.2. The molecule has 2 rings (SSSR count). The number of hydrogen-bond acceptors (Lipinski definition) is 2. The SMILES string of the molecule is C/C(=C\C=C\C(=O)OC(C)(C)C)c1ccc2ccccc2c1. The topological polar surface area (TPSA) is 26.3 Å². The van der Waals surface area contributed by atoms with Crippen molar-refractivity contribution in [2.24, 2.45) is 0 Å². The Morgan fingerprint density at radius 3 is 2.41 bits per heavy atom. The molecule has 2 nitrogen and oxygen atoms in total. The van der Waals surface area contributed by atoms with E-state index in [2.05, 4.69) is 30.3 Å². The maximum atomic E-state index is 11.6. The number of rotatable bonds is 3. The van der Waals surface area contributed by atoms with E-state index in [0.29, 0.717) is 0 Å². The molecule has 0 aliphatic rings. The number of hydrogen-bond donors (Lipinski definition) is 0. The molecule has 0 radical (unpaired) electrons. The average molecular weight is 294 g/mol. The van der Waals surface area contributed by atoms with E-state index in [-0.39, 0.29) is 5.97 Å². The highest BCUT2D eigenvalue weighted by molar-refractivity contribution is 5.86. The van der Waals surface area contributed by atoms with Gasteiger partial charge in [0.25, 0.3) is 0 Å². The van der Waals surface area contributed by atoms with Gasteiger partial charge >= 0.3 is 5.97 Å². The van der Waals surface area contributed by atoms with Crippen LogP contribution in [0.5, 0.6) is 0 Å². The molecule has 0 amide bonds. The summed E-state index contributed by atoms with van der Waals surface area (Å²) in [6.07, 6.45) is 5.11. The van der Waals surface area contributed by atoms with Gasteiger partial charge < -0.3 is 4.74 Å². The zero-order valence-electron chi connectivity index (χ0n) is 13.6. The van der Waals surface area contributed by atoms with Crippen LogP contribution in [0.3, 0.4) is 0 Å². The highest BCUT2D eigenvalue weighted by Crippen LogP contribution is 2.21. The fourth-order valence-corrected chi connectivity index (χ4v) is 2.14. The molecule has 0 spiro atoms. The molecule has 0 bridgehead atoms. The first-order valence-corrected chi connectivity index (χ1v) is 7.42. The van der Waals surface area contributed by atoms with Gasteiger partial charge in [-0.2, -0.15) is 0 Å². The Bertz CT molecular complexity index is 731. The Morgan fingerprint density at radius 2 is 1.73 bits per heavy atom. The van der Waals surface area contributed by atoms with E-state index in [1.165, 1.54) is 16.8 Å². The van der Waals surface area contributed by atoms with E-state index >= 15 is 0 Å². The van der Waals surface area contributed by atoms with Gasteiger partial charge in [0.05, 0.1) is 0 Å². The summed E-state index contributed by atoms with van der Waals surface area (Å²) in [5.74, 6) is -0.324. The van der Waals surface area contributed by atoms with E-state index < -0.39 is 5.60 Å². The predicted octanol–water partition coefficient (Wildman–Crippen LogP) is 5.14. The van der Waals surface area contributed by atoms with Crippen molar-refractivity contribution in [1.29, 1.82) is 0 Å². The molecule has 0 unspecified atom stereocenters. The van der Waals surface area contributed by atoms with Crippen LogP contribution in [0.4, 0.5) is 0 Å². The van der Waals surface area contributed by atoms with Crippen LogP contribution >= 0.6 is 0 Å². The highest BCUT2D eigenvalue weighted by atomic mass is 16.6. The van der Waals surface area contributed by atoms with Gasteiger partial charge in [-0.1, -0.05) is 48.6 Å². The fourth-order valence-electron chi connectivity index (χ4n) is 2.14. The van der Waals surface area contributed by atoms with Gasteiger partial charge in [-0.25, -0.2) is 4.79 Å². The van der Waals surface area contributed by atoms with Crippen LogP contribution < -0.4 is 0 Å². The summed E-state index contributed by atoms with van der Waals surface area (Å²) in [6.45, 7) is 7.60. The van der Waals surface area contributed by atoms with Crippen molar-refractivity contribution in [3.8, 4) is 0 Å². The number of carbonyl (C=O) groups is 1. The third-order valence-corrected chi connectivity index (χ3v) is 3.19. The zero-order valence-corrected chi connectivity index (χ0v) is 13.6. The van der Waals surface area contributed by atoms with Gasteiger partial charge in [0, 0.05) is 6.08 Å². The van der Waals surface area contributed by atoms with Crippen molar-refractivity contribution in [2.45, 2.75) is 33.3 Å². The summed E-state index contributed by atoms with van der Waals surface area (Å²) in [4.78, 5) is 11.6. The minimum atomic E-state index is -0.460. The third-order valence-electron chi connectivity index (χ3n) is 3.19. The first kappa shape index (κ1) is 16.0. The summed E-state index contributed by atoms with van der Waals surface area (Å²) in [5, 5.41) is 2.44. The van der Waals surface area contributed by atoms with Crippen molar-refractivity contribution in [3.05, 3.63) is 66.3 Å². The molecule has 0 aliphatic carbocycles. The molecule has 0 heterocycles. The number of benzene rings is 2. The first-order chi connectivity index (χ1) is 10.3. The summed E-state index contributed by atoms with van der Waals surface area (Å²) in [6, 6.07) is 14.6. The lowest BCUT2D eigenvalue weighted by Crippen LogP contribution is -2.22. The van der Waals surface area contributed by atoms with Crippen molar-refractivity contribution in [3.63, 3.8) is 0 Å². The monoisotopic (exact) mass is 294 g/mol. The van der Waals surface area contributed by atoms with Gasteiger partial charge in [0.15, 0.2) is 0 Å². The Hall–Kier alpha value is -2.35. The number of ether oxygens (including phenoxy) is 1. The van der Waals surface area contributed by atoms with Crippen LogP contribution in [0.1, 0.15) is 33.3 Å². The molecule has 114 valence electrons. The molecule has 0 aromatic heterocycles. The number of esters is 1. The molecule has 0 saturated heterocycles. The lowest BCUT2D eigenvalue weighted by atomic mass is 10.0. The highest BCUT2D eigenvalue weighted by Gasteiger charge is 2.13. The minimum absolute atomic E-state index is 0.324. The second-order valence-electron chi connectivity index (χ2n) is 6.30. The van der Waals surface area contributed by atoms with Crippen LogP contribution in [0.25, 0.3) is 16.3 Å². The Morgan fingerprint density at radius 1 is 1.05 bits per heavy atom. The van der Waals surface area contributed by atoms with Crippen molar-refractivity contribution in [1.82, 2.24) is 0 Å². The third kappa shape index (κ3) is 4.59. The molecule has 0 saturated carbocycles. The summed E-state index contributed by atoms with van der Waals surface area (Å²) >= 11 is 0. The van der Waals surface area contributed by atoms with Gasteiger partial charge in [-0.3, -0.25) is 0 Å². The first-order valence-electron chi connectivity index (χ1n) is 7.42. The van der Waals surface area contributed by atoms with E-state index in [1.807, 2.05) is 45.9 Å². The second-order valence-corrected chi connectivity index (χ2v) is 6.30.